The summed E-state index contributed by atoms with van der Waals surface area (Å²) in [4.78, 5) is 34.6. The van der Waals surface area contributed by atoms with E-state index in [2.05, 4.69) is 20.2 Å². The van der Waals surface area contributed by atoms with E-state index in [1.807, 2.05) is 0 Å². The van der Waals surface area contributed by atoms with Gasteiger partial charge in [-0.1, -0.05) is 0 Å². The highest BCUT2D eigenvalue weighted by Crippen LogP contribution is 2.37. The molecule has 2 N–H and O–H groups in total. The fraction of sp³-hybridized carbons (Fsp3) is 0.368. The van der Waals surface area contributed by atoms with Crippen molar-refractivity contribution in [2.45, 2.75) is 12.8 Å². The molecule has 9 nitrogen and oxygen atoms in total. The van der Waals surface area contributed by atoms with E-state index in [0.717, 1.165) is 5.82 Å². The highest BCUT2D eigenvalue weighted by Gasteiger charge is 2.27. The third-order valence-electron chi connectivity index (χ3n) is 4.72. The molecule has 9 heteroatoms. The van der Waals surface area contributed by atoms with E-state index >= 15 is 0 Å². The lowest BCUT2D eigenvalue weighted by atomic mass is 9.95. The maximum Gasteiger partial charge on any atom is 0.335 e. The minimum Gasteiger partial charge on any atom is -0.493 e. The molecule has 148 valence electrons. The fourth-order valence-corrected chi connectivity index (χ4v) is 3.24. The van der Waals surface area contributed by atoms with E-state index in [9.17, 15) is 14.7 Å². The van der Waals surface area contributed by atoms with Crippen molar-refractivity contribution in [1.29, 1.82) is 0 Å². The van der Waals surface area contributed by atoms with Crippen LogP contribution >= 0.6 is 0 Å². The molecule has 1 aliphatic rings. The van der Waals surface area contributed by atoms with Crippen molar-refractivity contribution in [3.63, 3.8) is 0 Å². The van der Waals surface area contributed by atoms with Gasteiger partial charge in [-0.25, -0.2) is 9.78 Å². The Morgan fingerprint density at radius 1 is 1.18 bits per heavy atom. The second kappa shape index (κ2) is 8.55. The first kappa shape index (κ1) is 19.4. The summed E-state index contributed by atoms with van der Waals surface area (Å²) < 4.78 is 10.5. The molecule has 1 aliphatic heterocycles. The van der Waals surface area contributed by atoms with Gasteiger partial charge in [0.2, 0.25) is 5.91 Å². The van der Waals surface area contributed by atoms with Gasteiger partial charge in [0, 0.05) is 31.4 Å². The lowest BCUT2D eigenvalue weighted by Crippen LogP contribution is -2.38. The third kappa shape index (κ3) is 4.13. The molecule has 0 radical (unpaired) electrons. The van der Waals surface area contributed by atoms with Gasteiger partial charge in [0.05, 0.1) is 31.7 Å². The van der Waals surface area contributed by atoms with Crippen LogP contribution in [-0.2, 0) is 4.79 Å². The van der Waals surface area contributed by atoms with Crippen molar-refractivity contribution in [2.75, 3.05) is 37.5 Å². The molecular formula is C19H22N4O5. The number of carboxylic acids is 1. The predicted octanol–water partition coefficient (Wildman–Crippen LogP) is 2.05. The Labute approximate surface area is 162 Å². The fourth-order valence-electron chi connectivity index (χ4n) is 3.24. The summed E-state index contributed by atoms with van der Waals surface area (Å²) in [5.74, 6) is -0.164. The number of methoxy groups -OCH3 is 2. The number of anilines is 2. The number of ether oxygens (including phenoxy) is 2. The average Bonchev–Trinajstić information content (AvgIpc) is 2.73. The quantitative estimate of drug-likeness (QED) is 0.775. The molecule has 28 heavy (non-hydrogen) atoms. The first-order chi connectivity index (χ1) is 13.5. The van der Waals surface area contributed by atoms with Crippen LogP contribution in [0.1, 0.15) is 23.2 Å². The van der Waals surface area contributed by atoms with Crippen LogP contribution in [0, 0.1) is 5.92 Å². The van der Waals surface area contributed by atoms with E-state index in [-0.39, 0.29) is 34.6 Å². The number of hydrogen-bond donors (Lipinski definition) is 2. The summed E-state index contributed by atoms with van der Waals surface area (Å²) in [7, 11) is 2.85. The number of rotatable bonds is 6. The molecule has 2 heterocycles. The molecule has 0 atom stereocenters. The largest absolute Gasteiger partial charge is 0.493 e. The Morgan fingerprint density at radius 2 is 1.93 bits per heavy atom. The van der Waals surface area contributed by atoms with Gasteiger partial charge in [0.25, 0.3) is 0 Å². The Hall–Kier alpha value is -3.36. The van der Waals surface area contributed by atoms with Gasteiger partial charge in [-0.05, 0) is 25.0 Å². The van der Waals surface area contributed by atoms with Crippen LogP contribution in [0.15, 0.2) is 30.7 Å². The number of hydrogen-bond acceptors (Lipinski definition) is 7. The van der Waals surface area contributed by atoms with Crippen LogP contribution in [0.3, 0.4) is 0 Å². The highest BCUT2D eigenvalue weighted by atomic mass is 16.5. The first-order valence-electron chi connectivity index (χ1n) is 8.84. The van der Waals surface area contributed by atoms with Gasteiger partial charge in [0.15, 0.2) is 11.5 Å². The Balaban J connectivity index is 1.71. The Kier molecular flexibility index (Phi) is 5.93. The number of carbonyl (C=O) groups is 2. The normalized spacial score (nSPS) is 14.4. The number of nitrogens with zero attached hydrogens (tertiary/aromatic N) is 3. The summed E-state index contributed by atoms with van der Waals surface area (Å²) >= 11 is 0. The van der Waals surface area contributed by atoms with E-state index in [1.54, 1.807) is 18.6 Å². The van der Waals surface area contributed by atoms with Gasteiger partial charge in [0.1, 0.15) is 5.82 Å². The molecule has 1 amide bonds. The standard InChI is InChI=1S/C19H22N4O5/c1-27-15-10-13(19(25)26)9-14(17(15)28-2)22-18(24)12-3-7-23(8-4-12)16-11-20-5-6-21-16/h5-6,9-12H,3-4,7-8H2,1-2H3,(H,22,24)(H,25,26). The number of benzene rings is 1. The number of aromatic nitrogens is 2. The van der Waals surface area contributed by atoms with Gasteiger partial charge >= 0.3 is 5.97 Å². The van der Waals surface area contributed by atoms with Gasteiger partial charge < -0.3 is 24.8 Å². The van der Waals surface area contributed by atoms with Crippen LogP contribution in [0.25, 0.3) is 0 Å². The van der Waals surface area contributed by atoms with Crippen molar-refractivity contribution in [2.24, 2.45) is 5.92 Å². The van der Waals surface area contributed by atoms with Gasteiger partial charge in [-0.3, -0.25) is 9.78 Å². The van der Waals surface area contributed by atoms with Crippen molar-refractivity contribution < 1.29 is 24.2 Å². The molecule has 0 unspecified atom stereocenters. The number of aromatic carboxylic acids is 1. The van der Waals surface area contributed by atoms with E-state index < -0.39 is 5.97 Å². The zero-order valence-electron chi connectivity index (χ0n) is 15.7. The topological polar surface area (TPSA) is 114 Å². The van der Waals surface area contributed by atoms with Gasteiger partial charge in [-0.2, -0.15) is 0 Å². The van der Waals surface area contributed by atoms with Crippen LogP contribution in [0.2, 0.25) is 0 Å². The first-order valence-corrected chi connectivity index (χ1v) is 8.84. The number of amides is 1. The smallest absolute Gasteiger partial charge is 0.335 e. The second-order valence-corrected chi connectivity index (χ2v) is 6.38. The Morgan fingerprint density at radius 3 is 2.50 bits per heavy atom. The third-order valence-corrected chi connectivity index (χ3v) is 4.72. The van der Waals surface area contributed by atoms with E-state index in [1.165, 1.54) is 26.4 Å². The minimum atomic E-state index is -1.12. The molecule has 3 rings (SSSR count). The van der Waals surface area contributed by atoms with Gasteiger partial charge in [-0.15, -0.1) is 0 Å². The molecule has 1 fully saturated rings. The summed E-state index contributed by atoms with van der Waals surface area (Å²) in [6.07, 6.45) is 6.27. The number of carbonyl (C=O) groups excluding carboxylic acids is 1. The molecule has 0 saturated carbocycles. The molecular weight excluding hydrogens is 364 g/mol. The molecule has 1 aromatic heterocycles. The molecule has 1 saturated heterocycles. The van der Waals surface area contributed by atoms with Crippen LogP contribution < -0.4 is 19.7 Å². The van der Waals surface area contributed by atoms with Crippen LogP contribution in [-0.4, -0.2) is 54.3 Å². The molecule has 0 spiro atoms. The molecule has 2 aromatic rings. The zero-order chi connectivity index (χ0) is 20.1. The van der Waals surface area contributed by atoms with E-state index in [4.69, 9.17) is 9.47 Å². The van der Waals surface area contributed by atoms with Crippen LogP contribution in [0.5, 0.6) is 11.5 Å². The molecule has 1 aromatic carbocycles. The summed E-state index contributed by atoms with van der Waals surface area (Å²) in [5, 5.41) is 12.1. The predicted molar refractivity (Wildman–Crippen MR) is 102 cm³/mol. The Bertz CT molecular complexity index is 851. The van der Waals surface area contributed by atoms with Crippen LogP contribution in [0.4, 0.5) is 11.5 Å². The number of carboxylic acid groups (broad SMARTS) is 1. The monoisotopic (exact) mass is 386 g/mol. The van der Waals surface area contributed by atoms with Crippen molar-refractivity contribution in [3.8, 4) is 11.5 Å². The number of piperidine rings is 1. The molecule has 0 bridgehead atoms. The highest BCUT2D eigenvalue weighted by molar-refractivity contribution is 5.97. The minimum absolute atomic E-state index is 0.00502. The summed E-state index contributed by atoms with van der Waals surface area (Å²) in [6, 6.07) is 2.73. The summed E-state index contributed by atoms with van der Waals surface area (Å²) in [6.45, 7) is 1.37. The lowest BCUT2D eigenvalue weighted by Gasteiger charge is -2.32. The maximum atomic E-state index is 12.8. The summed E-state index contributed by atoms with van der Waals surface area (Å²) in [5.41, 5.74) is 0.283. The maximum absolute atomic E-state index is 12.8. The molecule has 0 aliphatic carbocycles. The van der Waals surface area contributed by atoms with E-state index in [0.29, 0.717) is 25.9 Å². The lowest BCUT2D eigenvalue weighted by molar-refractivity contribution is -0.120. The number of nitrogens with one attached hydrogen (secondary N) is 1. The second-order valence-electron chi connectivity index (χ2n) is 6.38. The average molecular weight is 386 g/mol. The zero-order valence-corrected chi connectivity index (χ0v) is 15.7. The van der Waals surface area contributed by atoms with Crippen molar-refractivity contribution >= 4 is 23.4 Å². The van der Waals surface area contributed by atoms with Crippen molar-refractivity contribution in [1.82, 2.24) is 9.97 Å². The van der Waals surface area contributed by atoms with Crippen molar-refractivity contribution in [3.05, 3.63) is 36.3 Å². The SMILES string of the molecule is COc1cc(C(=O)O)cc(NC(=O)C2CCN(c3cnccn3)CC2)c1OC.